The zero-order valence-electron chi connectivity index (χ0n) is 13.5. The maximum atomic E-state index is 2.47. The first-order valence-electron chi connectivity index (χ1n) is 8.04. The van der Waals surface area contributed by atoms with Gasteiger partial charge in [-0.1, -0.05) is 0 Å². The fourth-order valence-electron chi connectivity index (χ4n) is 2.29. The van der Waals surface area contributed by atoms with Gasteiger partial charge in [0.25, 0.3) is 0 Å². The van der Waals surface area contributed by atoms with E-state index in [-0.39, 0.29) is 0 Å². The normalized spacial score (nSPS) is 11.4. The summed E-state index contributed by atoms with van der Waals surface area (Å²) in [5.74, 6) is 0. The first-order chi connectivity index (χ1) is 11.9. The Morgan fingerprint density at radius 1 is 0.667 bits per heavy atom. The molecule has 3 aromatic carbocycles. The SMILES string of the molecule is C(/Cc1ccccc1)=C(\C[Se]c1ccccc1)[Se]c1ccccc1. The van der Waals surface area contributed by atoms with Gasteiger partial charge in [-0.05, 0) is 0 Å². The van der Waals surface area contributed by atoms with Gasteiger partial charge in [0.05, 0.1) is 0 Å². The fourth-order valence-corrected chi connectivity index (χ4v) is 6.92. The molecule has 0 unspecified atom stereocenters. The summed E-state index contributed by atoms with van der Waals surface area (Å²) in [6, 6.07) is 32.6. The molecule has 0 saturated heterocycles. The zero-order chi connectivity index (χ0) is 16.5. The molecular formula is C22H20Se2. The van der Waals surface area contributed by atoms with Gasteiger partial charge in [-0.25, -0.2) is 0 Å². The van der Waals surface area contributed by atoms with Gasteiger partial charge in [0.2, 0.25) is 0 Å². The second-order valence-corrected chi connectivity index (χ2v) is 10.1. The second-order valence-electron chi connectivity index (χ2n) is 5.38. The van der Waals surface area contributed by atoms with Crippen molar-refractivity contribution in [1.82, 2.24) is 0 Å². The van der Waals surface area contributed by atoms with E-state index in [1.165, 1.54) is 19.8 Å². The fraction of sp³-hybridized carbons (Fsp3) is 0.0909. The van der Waals surface area contributed by atoms with E-state index in [1.807, 2.05) is 0 Å². The van der Waals surface area contributed by atoms with Crippen LogP contribution in [0.2, 0.25) is 5.32 Å². The molecule has 0 bridgehead atoms. The first kappa shape index (κ1) is 17.3. The predicted octanol–water partition coefficient (Wildman–Crippen LogP) is 3.59. The maximum absolute atomic E-state index is 2.47. The zero-order valence-corrected chi connectivity index (χ0v) is 16.9. The number of rotatable bonds is 7. The summed E-state index contributed by atoms with van der Waals surface area (Å²) >= 11 is 0.937. The molecule has 0 radical (unpaired) electrons. The molecule has 0 aliphatic rings. The summed E-state index contributed by atoms with van der Waals surface area (Å²) in [7, 11) is 0. The minimum absolute atomic E-state index is 0.423. The van der Waals surface area contributed by atoms with Crippen molar-refractivity contribution in [1.29, 1.82) is 0 Å². The Hall–Kier alpha value is -1.56. The molecule has 3 aromatic rings. The molecule has 0 aromatic heterocycles. The molecule has 0 spiro atoms. The number of benzene rings is 3. The molecule has 3 rings (SSSR count). The molecule has 0 fully saturated rings. The summed E-state index contributed by atoms with van der Waals surface area (Å²) in [5, 5.41) is 1.21. The van der Waals surface area contributed by atoms with Crippen molar-refractivity contribution in [3.63, 3.8) is 0 Å². The summed E-state index contributed by atoms with van der Waals surface area (Å²) in [5.41, 5.74) is 1.39. The molecule has 0 N–H and O–H groups in total. The average molecular weight is 442 g/mol. The van der Waals surface area contributed by atoms with Crippen LogP contribution >= 0.6 is 0 Å². The molecule has 0 atom stereocenters. The van der Waals surface area contributed by atoms with Crippen molar-refractivity contribution in [3.8, 4) is 0 Å². The molecule has 120 valence electrons. The Balaban J connectivity index is 1.70. The Kier molecular flexibility index (Phi) is 6.95. The first-order valence-corrected chi connectivity index (χ1v) is 11.8. The third kappa shape index (κ3) is 5.82. The molecule has 2 heteroatoms. The van der Waals surface area contributed by atoms with Crippen LogP contribution in [0.15, 0.2) is 102 Å². The Labute approximate surface area is 157 Å². The van der Waals surface area contributed by atoms with E-state index >= 15 is 0 Å². The van der Waals surface area contributed by atoms with Crippen LogP contribution in [-0.4, -0.2) is 29.9 Å². The van der Waals surface area contributed by atoms with E-state index in [1.54, 1.807) is 4.47 Å². The van der Waals surface area contributed by atoms with E-state index in [0.29, 0.717) is 29.9 Å². The van der Waals surface area contributed by atoms with Gasteiger partial charge in [-0.3, -0.25) is 0 Å². The van der Waals surface area contributed by atoms with E-state index in [0.717, 1.165) is 6.42 Å². The van der Waals surface area contributed by atoms with Gasteiger partial charge in [0, 0.05) is 0 Å². The number of allylic oxidation sites excluding steroid dienone is 2. The van der Waals surface area contributed by atoms with Crippen LogP contribution in [0.5, 0.6) is 0 Å². The molecular weight excluding hydrogens is 422 g/mol. The van der Waals surface area contributed by atoms with Gasteiger partial charge in [-0.15, -0.1) is 0 Å². The molecule has 0 amide bonds. The average Bonchev–Trinajstić information content (AvgIpc) is 2.66. The van der Waals surface area contributed by atoms with E-state index in [2.05, 4.69) is 97.1 Å². The molecule has 0 aliphatic heterocycles. The Morgan fingerprint density at radius 2 is 1.21 bits per heavy atom. The van der Waals surface area contributed by atoms with Crippen LogP contribution in [0.25, 0.3) is 0 Å². The van der Waals surface area contributed by atoms with Crippen molar-refractivity contribution < 1.29 is 0 Å². The summed E-state index contributed by atoms with van der Waals surface area (Å²) in [4.78, 5) is 0. The monoisotopic (exact) mass is 444 g/mol. The van der Waals surface area contributed by atoms with Crippen LogP contribution in [0, 0.1) is 0 Å². The van der Waals surface area contributed by atoms with E-state index in [9.17, 15) is 0 Å². The Morgan fingerprint density at radius 3 is 1.83 bits per heavy atom. The third-order valence-corrected chi connectivity index (χ3v) is 8.94. The van der Waals surface area contributed by atoms with Gasteiger partial charge < -0.3 is 0 Å². The topological polar surface area (TPSA) is 0 Å². The van der Waals surface area contributed by atoms with Crippen LogP contribution in [-0.2, 0) is 6.42 Å². The van der Waals surface area contributed by atoms with Gasteiger partial charge >= 0.3 is 158 Å². The quantitative estimate of drug-likeness (QED) is 0.491. The molecule has 0 aliphatic carbocycles. The van der Waals surface area contributed by atoms with E-state index < -0.39 is 0 Å². The number of hydrogen-bond donors (Lipinski definition) is 0. The minimum atomic E-state index is 0.423. The standard InChI is InChI=1S/C22H20Se2/c1-4-10-19(11-5-1)16-17-22(24-21-14-8-3-9-15-21)18-23-20-12-6-2-7-13-20/h1-15,17H,16,18H2/b22-17-. The molecule has 24 heavy (non-hydrogen) atoms. The predicted molar refractivity (Wildman–Crippen MR) is 107 cm³/mol. The van der Waals surface area contributed by atoms with Crippen LogP contribution in [0.1, 0.15) is 5.56 Å². The van der Waals surface area contributed by atoms with Crippen molar-refractivity contribution in [2.75, 3.05) is 0 Å². The van der Waals surface area contributed by atoms with Crippen molar-refractivity contribution in [2.24, 2.45) is 0 Å². The van der Waals surface area contributed by atoms with Gasteiger partial charge in [0.1, 0.15) is 0 Å². The second kappa shape index (κ2) is 9.67. The van der Waals surface area contributed by atoms with Crippen LogP contribution < -0.4 is 8.92 Å². The van der Waals surface area contributed by atoms with Crippen molar-refractivity contribution in [3.05, 3.63) is 107 Å². The summed E-state index contributed by atoms with van der Waals surface area (Å²) < 4.78 is 4.56. The van der Waals surface area contributed by atoms with Crippen LogP contribution in [0.4, 0.5) is 0 Å². The van der Waals surface area contributed by atoms with E-state index in [4.69, 9.17) is 0 Å². The van der Waals surface area contributed by atoms with Crippen molar-refractivity contribution >= 4 is 38.8 Å². The Bertz CT molecular complexity index is 750. The number of hydrogen-bond acceptors (Lipinski definition) is 0. The summed E-state index contributed by atoms with van der Waals surface area (Å²) in [6.07, 6.45) is 3.50. The van der Waals surface area contributed by atoms with Gasteiger partial charge in [-0.2, -0.15) is 0 Å². The molecule has 0 saturated carbocycles. The summed E-state index contributed by atoms with van der Waals surface area (Å²) in [6.45, 7) is 0. The van der Waals surface area contributed by atoms with Crippen molar-refractivity contribution in [2.45, 2.75) is 11.7 Å². The molecule has 0 heterocycles. The molecule has 0 nitrogen and oxygen atoms in total. The third-order valence-electron chi connectivity index (χ3n) is 3.52. The van der Waals surface area contributed by atoms with Gasteiger partial charge in [0.15, 0.2) is 0 Å². The van der Waals surface area contributed by atoms with Crippen LogP contribution in [0.3, 0.4) is 0 Å².